The first-order valence-electron chi connectivity index (χ1n) is 7.18. The molecule has 0 heterocycles. The predicted octanol–water partition coefficient (Wildman–Crippen LogP) is 3.90. The fourth-order valence-electron chi connectivity index (χ4n) is 2.89. The summed E-state index contributed by atoms with van der Waals surface area (Å²) in [5, 5.41) is 3.30. The number of hydrogen-bond donors (Lipinski definition) is 1. The summed E-state index contributed by atoms with van der Waals surface area (Å²) in [6.45, 7) is 2.14. The molecule has 1 aliphatic rings. The van der Waals surface area contributed by atoms with Crippen LogP contribution in [0.4, 0.5) is 0 Å². The Morgan fingerprint density at radius 3 is 2.37 bits per heavy atom. The molecule has 2 nitrogen and oxygen atoms in total. The van der Waals surface area contributed by atoms with Crippen molar-refractivity contribution in [1.29, 1.82) is 0 Å². The first kappa shape index (κ1) is 14.6. The SMILES string of the molecule is CCSc1ccc(C(=O)C2(NC)CCCCC2)cc1. The first-order valence-corrected chi connectivity index (χ1v) is 8.17. The van der Waals surface area contributed by atoms with Gasteiger partial charge in [-0.3, -0.25) is 4.79 Å². The van der Waals surface area contributed by atoms with Gasteiger partial charge in [-0.05, 0) is 37.8 Å². The van der Waals surface area contributed by atoms with Gasteiger partial charge in [-0.1, -0.05) is 38.3 Å². The lowest BCUT2D eigenvalue weighted by Gasteiger charge is -2.35. The molecule has 1 aromatic rings. The predicted molar refractivity (Wildman–Crippen MR) is 82.0 cm³/mol. The number of benzene rings is 1. The van der Waals surface area contributed by atoms with Crippen LogP contribution in [-0.2, 0) is 0 Å². The summed E-state index contributed by atoms with van der Waals surface area (Å²) >= 11 is 1.81. The van der Waals surface area contributed by atoms with Crippen LogP contribution >= 0.6 is 11.8 Å². The van der Waals surface area contributed by atoms with E-state index in [4.69, 9.17) is 0 Å². The van der Waals surface area contributed by atoms with Gasteiger partial charge in [-0.15, -0.1) is 11.8 Å². The standard InChI is InChI=1S/C16H23NOS/c1-3-19-14-9-7-13(8-10-14)15(18)16(17-2)11-5-4-6-12-16/h7-10,17H,3-6,11-12H2,1-2H3. The number of hydrogen-bond acceptors (Lipinski definition) is 3. The van der Waals surface area contributed by atoms with Gasteiger partial charge < -0.3 is 5.32 Å². The van der Waals surface area contributed by atoms with Crippen LogP contribution in [0.25, 0.3) is 0 Å². The summed E-state index contributed by atoms with van der Waals surface area (Å²) < 4.78 is 0. The summed E-state index contributed by atoms with van der Waals surface area (Å²) in [5.41, 5.74) is 0.522. The van der Waals surface area contributed by atoms with E-state index >= 15 is 0 Å². The van der Waals surface area contributed by atoms with Crippen molar-refractivity contribution in [3.8, 4) is 0 Å². The van der Waals surface area contributed by atoms with E-state index in [0.29, 0.717) is 0 Å². The quantitative estimate of drug-likeness (QED) is 0.653. The lowest BCUT2D eigenvalue weighted by molar-refractivity contribution is 0.0807. The number of likely N-dealkylation sites (N-methyl/N-ethyl adjacent to an activating group) is 1. The lowest BCUT2D eigenvalue weighted by atomic mass is 9.76. The van der Waals surface area contributed by atoms with E-state index in [1.54, 1.807) is 0 Å². The third kappa shape index (κ3) is 3.21. The summed E-state index contributed by atoms with van der Waals surface area (Å²) in [5.74, 6) is 1.33. The maximum absolute atomic E-state index is 12.8. The number of carbonyl (C=O) groups is 1. The van der Waals surface area contributed by atoms with E-state index in [1.165, 1.54) is 11.3 Å². The van der Waals surface area contributed by atoms with E-state index in [9.17, 15) is 4.79 Å². The van der Waals surface area contributed by atoms with E-state index in [2.05, 4.69) is 24.4 Å². The fourth-order valence-corrected chi connectivity index (χ4v) is 3.55. The van der Waals surface area contributed by atoms with Crippen LogP contribution in [0.3, 0.4) is 0 Å². The molecule has 0 radical (unpaired) electrons. The Balaban J connectivity index is 2.17. The molecule has 3 heteroatoms. The lowest BCUT2D eigenvalue weighted by Crippen LogP contribution is -2.51. The Morgan fingerprint density at radius 2 is 1.84 bits per heavy atom. The van der Waals surface area contributed by atoms with Gasteiger partial charge >= 0.3 is 0 Å². The van der Waals surface area contributed by atoms with Crippen LogP contribution in [-0.4, -0.2) is 24.1 Å². The Morgan fingerprint density at radius 1 is 1.21 bits per heavy atom. The second-order valence-corrected chi connectivity index (χ2v) is 6.52. The molecule has 0 unspecified atom stereocenters. The van der Waals surface area contributed by atoms with Gasteiger partial charge in [0.25, 0.3) is 0 Å². The molecule has 19 heavy (non-hydrogen) atoms. The average Bonchev–Trinajstić information content (AvgIpc) is 2.48. The number of nitrogens with one attached hydrogen (secondary N) is 1. The number of ketones is 1. The van der Waals surface area contributed by atoms with Crippen LogP contribution in [0.5, 0.6) is 0 Å². The third-order valence-electron chi connectivity index (χ3n) is 4.05. The van der Waals surface area contributed by atoms with E-state index in [-0.39, 0.29) is 11.3 Å². The molecule has 1 fully saturated rings. The normalized spacial score (nSPS) is 18.2. The second-order valence-electron chi connectivity index (χ2n) is 5.18. The summed E-state index contributed by atoms with van der Waals surface area (Å²) in [6.07, 6.45) is 5.48. The minimum atomic E-state index is -0.322. The van der Waals surface area contributed by atoms with Gasteiger partial charge in [0.1, 0.15) is 0 Å². The third-order valence-corrected chi connectivity index (χ3v) is 4.94. The Kier molecular flexibility index (Phi) is 5.06. The Labute approximate surface area is 120 Å². The first-order chi connectivity index (χ1) is 9.22. The highest BCUT2D eigenvalue weighted by molar-refractivity contribution is 7.99. The van der Waals surface area contributed by atoms with Gasteiger partial charge in [0, 0.05) is 10.5 Å². The number of Topliss-reactive ketones (excluding diaryl/α,β-unsaturated/α-hetero) is 1. The minimum Gasteiger partial charge on any atom is -0.308 e. The van der Waals surface area contributed by atoms with Gasteiger partial charge in [0.2, 0.25) is 0 Å². The van der Waals surface area contributed by atoms with Crippen LogP contribution in [0.2, 0.25) is 0 Å². The molecular formula is C16H23NOS. The molecule has 0 aliphatic heterocycles. The molecule has 2 rings (SSSR count). The van der Waals surface area contributed by atoms with E-state index < -0.39 is 0 Å². The zero-order chi connectivity index (χ0) is 13.7. The highest BCUT2D eigenvalue weighted by atomic mass is 32.2. The molecule has 1 aliphatic carbocycles. The monoisotopic (exact) mass is 277 g/mol. The van der Waals surface area contributed by atoms with Crippen molar-refractivity contribution in [3.05, 3.63) is 29.8 Å². The number of rotatable bonds is 5. The minimum absolute atomic E-state index is 0.266. The number of carbonyl (C=O) groups excluding carboxylic acids is 1. The molecule has 0 amide bonds. The molecule has 1 aromatic carbocycles. The summed E-state index contributed by atoms with van der Waals surface area (Å²) in [6, 6.07) is 8.09. The second kappa shape index (κ2) is 6.58. The number of thioether (sulfide) groups is 1. The van der Waals surface area contributed by atoms with Crippen molar-refractivity contribution >= 4 is 17.5 Å². The Bertz CT molecular complexity index is 421. The average molecular weight is 277 g/mol. The van der Waals surface area contributed by atoms with Crippen LogP contribution < -0.4 is 5.32 Å². The van der Waals surface area contributed by atoms with Crippen LogP contribution in [0.1, 0.15) is 49.4 Å². The van der Waals surface area contributed by atoms with E-state index in [0.717, 1.165) is 37.0 Å². The van der Waals surface area contributed by atoms with Gasteiger partial charge in [-0.2, -0.15) is 0 Å². The van der Waals surface area contributed by atoms with Crippen molar-refractivity contribution in [3.63, 3.8) is 0 Å². The molecule has 0 bridgehead atoms. The van der Waals surface area contributed by atoms with Crippen molar-refractivity contribution in [2.75, 3.05) is 12.8 Å². The van der Waals surface area contributed by atoms with Crippen molar-refractivity contribution in [2.24, 2.45) is 0 Å². The van der Waals surface area contributed by atoms with E-state index in [1.807, 2.05) is 30.9 Å². The summed E-state index contributed by atoms with van der Waals surface area (Å²) in [7, 11) is 1.92. The molecule has 104 valence electrons. The molecule has 0 atom stereocenters. The Hall–Kier alpha value is -0.800. The van der Waals surface area contributed by atoms with Gasteiger partial charge in [-0.25, -0.2) is 0 Å². The smallest absolute Gasteiger partial charge is 0.182 e. The van der Waals surface area contributed by atoms with Crippen LogP contribution in [0, 0.1) is 0 Å². The van der Waals surface area contributed by atoms with Crippen molar-refractivity contribution < 1.29 is 4.79 Å². The molecule has 1 N–H and O–H groups in total. The molecule has 1 saturated carbocycles. The molecule has 0 aromatic heterocycles. The van der Waals surface area contributed by atoms with Gasteiger partial charge in [0.05, 0.1) is 5.54 Å². The highest BCUT2D eigenvalue weighted by Gasteiger charge is 2.38. The van der Waals surface area contributed by atoms with Crippen LogP contribution in [0.15, 0.2) is 29.2 Å². The maximum Gasteiger partial charge on any atom is 0.182 e. The van der Waals surface area contributed by atoms with Crippen molar-refractivity contribution in [1.82, 2.24) is 5.32 Å². The van der Waals surface area contributed by atoms with Gasteiger partial charge in [0.15, 0.2) is 5.78 Å². The maximum atomic E-state index is 12.8. The largest absolute Gasteiger partial charge is 0.308 e. The fraction of sp³-hybridized carbons (Fsp3) is 0.562. The zero-order valence-corrected chi connectivity index (χ0v) is 12.7. The summed E-state index contributed by atoms with van der Waals surface area (Å²) in [4.78, 5) is 14.0. The topological polar surface area (TPSA) is 29.1 Å². The highest BCUT2D eigenvalue weighted by Crippen LogP contribution is 2.31. The molecule has 0 saturated heterocycles. The molecular weight excluding hydrogens is 254 g/mol. The van der Waals surface area contributed by atoms with Crippen molar-refractivity contribution in [2.45, 2.75) is 49.5 Å². The molecule has 0 spiro atoms. The zero-order valence-electron chi connectivity index (χ0n) is 11.9.